The topological polar surface area (TPSA) is 75.6 Å². The Morgan fingerprint density at radius 2 is 0.944 bits per heavy atom. The quantitative estimate of drug-likeness (QED) is 0.580. The summed E-state index contributed by atoms with van der Waals surface area (Å²) >= 11 is 0. The van der Waals surface area contributed by atoms with E-state index in [4.69, 9.17) is 0 Å². The summed E-state index contributed by atoms with van der Waals surface area (Å²) in [5.41, 5.74) is 4.85. The minimum Gasteiger partial charge on any atom is -0.357 e. The summed E-state index contributed by atoms with van der Waals surface area (Å²) in [5.74, 6) is 0. The molecule has 4 rings (SSSR count). The molecule has 0 saturated heterocycles. The molecule has 0 amide bonds. The van der Waals surface area contributed by atoms with E-state index >= 15 is 0 Å². The van der Waals surface area contributed by atoms with Gasteiger partial charge in [0.15, 0.2) is 0 Å². The van der Waals surface area contributed by atoms with Gasteiger partial charge in [-0.15, -0.1) is 0 Å². The Bertz CT molecular complexity index is 728. The molecule has 2 aromatic heterocycles. The van der Waals surface area contributed by atoms with Crippen molar-refractivity contribution >= 4 is 33.4 Å². The first-order valence-electron chi connectivity index (χ1n) is 5.50. The Kier molecular flexibility index (Phi) is 1.74. The van der Waals surface area contributed by atoms with Crippen molar-refractivity contribution in [1.29, 1.82) is 0 Å². The lowest BCUT2D eigenvalue weighted by atomic mass is 10.1. The molecule has 1 aliphatic rings. The van der Waals surface area contributed by atoms with Gasteiger partial charge in [0.25, 0.3) is 0 Å². The Labute approximate surface area is 102 Å². The highest BCUT2D eigenvalue weighted by Crippen LogP contribution is 2.37. The van der Waals surface area contributed by atoms with Crippen LogP contribution in [0.25, 0.3) is 22.1 Å². The highest BCUT2D eigenvalue weighted by Gasteiger charge is 2.18. The maximum atomic E-state index is 4.38. The lowest BCUT2D eigenvalue weighted by Gasteiger charge is -2.17. The van der Waals surface area contributed by atoms with Crippen molar-refractivity contribution < 1.29 is 0 Å². The summed E-state index contributed by atoms with van der Waals surface area (Å²) in [6.45, 7) is 0. The zero-order valence-corrected chi connectivity index (χ0v) is 9.25. The average molecular weight is 236 g/mol. The van der Waals surface area contributed by atoms with Crippen LogP contribution in [0.1, 0.15) is 0 Å². The van der Waals surface area contributed by atoms with Gasteiger partial charge < -0.3 is 10.6 Å². The maximum absolute atomic E-state index is 4.38. The van der Waals surface area contributed by atoms with Gasteiger partial charge in [0.1, 0.15) is 22.1 Å². The minimum absolute atomic E-state index is 0.754. The second kappa shape index (κ2) is 3.36. The molecule has 6 nitrogen and oxygen atoms in total. The van der Waals surface area contributed by atoms with Crippen LogP contribution in [0.2, 0.25) is 0 Å². The molecule has 18 heavy (non-hydrogen) atoms. The number of nitrogens with one attached hydrogen (secondary N) is 2. The van der Waals surface area contributed by atoms with E-state index in [1.807, 2.05) is 12.4 Å². The normalized spacial score (nSPS) is 13.1. The second-order valence-electron chi connectivity index (χ2n) is 3.88. The first-order valence-corrected chi connectivity index (χ1v) is 5.50. The number of hydrogen-bond donors (Lipinski definition) is 2. The molecule has 1 aliphatic heterocycles. The fraction of sp³-hybridized carbons (Fsp3) is 0. The van der Waals surface area contributed by atoms with Crippen molar-refractivity contribution in [3.8, 4) is 0 Å². The molecule has 6 heteroatoms. The van der Waals surface area contributed by atoms with E-state index in [9.17, 15) is 0 Å². The number of benzene rings is 1. The Hall–Kier alpha value is -2.76. The van der Waals surface area contributed by atoms with Crippen LogP contribution in [0.4, 0.5) is 11.4 Å². The molecule has 0 aliphatic carbocycles. The van der Waals surface area contributed by atoms with Gasteiger partial charge in [0, 0.05) is 37.2 Å². The van der Waals surface area contributed by atoms with Crippen LogP contribution in [-0.2, 0) is 0 Å². The van der Waals surface area contributed by atoms with Crippen LogP contribution < -0.4 is 10.6 Å². The standard InChI is InChI=1S/C12H8N6/c1-2-14-8-7(13-1)9-11(17-4-3-15-9)12-10(8)16-5-6-18-12/h1-6,13-14H. The molecule has 0 saturated carbocycles. The van der Waals surface area contributed by atoms with Crippen LogP contribution in [0.5, 0.6) is 0 Å². The largest absolute Gasteiger partial charge is 0.357 e. The van der Waals surface area contributed by atoms with Crippen molar-refractivity contribution in [2.75, 3.05) is 10.6 Å². The predicted octanol–water partition coefficient (Wildman–Crippen LogP) is 1.88. The molecule has 1 aromatic carbocycles. The van der Waals surface area contributed by atoms with E-state index in [1.54, 1.807) is 24.8 Å². The highest BCUT2D eigenvalue weighted by atomic mass is 15.0. The summed E-state index contributed by atoms with van der Waals surface area (Å²) in [6.07, 6.45) is 10.3. The van der Waals surface area contributed by atoms with Crippen molar-refractivity contribution in [2.45, 2.75) is 0 Å². The first-order chi connectivity index (χ1) is 8.95. The number of hydrogen-bond acceptors (Lipinski definition) is 6. The van der Waals surface area contributed by atoms with Gasteiger partial charge in [-0.2, -0.15) is 0 Å². The van der Waals surface area contributed by atoms with Gasteiger partial charge in [-0.3, -0.25) is 19.9 Å². The monoisotopic (exact) mass is 236 g/mol. The maximum Gasteiger partial charge on any atom is 0.119 e. The fourth-order valence-corrected chi connectivity index (χ4v) is 2.16. The number of fused-ring (bicyclic) bond motifs is 6. The van der Waals surface area contributed by atoms with Gasteiger partial charge in [0.05, 0.1) is 11.4 Å². The molecular weight excluding hydrogens is 228 g/mol. The number of anilines is 2. The van der Waals surface area contributed by atoms with Gasteiger partial charge in [0.2, 0.25) is 0 Å². The van der Waals surface area contributed by atoms with Crippen LogP contribution >= 0.6 is 0 Å². The molecule has 0 atom stereocenters. The summed E-state index contributed by atoms with van der Waals surface area (Å²) in [4.78, 5) is 17.5. The molecule has 0 fully saturated rings. The van der Waals surface area contributed by atoms with Crippen LogP contribution in [0.15, 0.2) is 37.2 Å². The summed E-state index contributed by atoms with van der Waals surface area (Å²) < 4.78 is 0. The average Bonchev–Trinajstić information content (AvgIpc) is 2.48. The lowest BCUT2D eigenvalue weighted by molar-refractivity contribution is 1.25. The third kappa shape index (κ3) is 1.11. The Morgan fingerprint density at radius 1 is 0.556 bits per heavy atom. The number of rotatable bonds is 0. The SMILES string of the molecule is C1=CNc2c(c3nccnc3c3nccnc23)N1. The molecule has 0 spiro atoms. The zero-order valence-electron chi connectivity index (χ0n) is 9.25. The summed E-state index contributed by atoms with van der Waals surface area (Å²) in [7, 11) is 0. The smallest absolute Gasteiger partial charge is 0.119 e. The van der Waals surface area contributed by atoms with Crippen LogP contribution in [0.3, 0.4) is 0 Å². The molecule has 0 bridgehead atoms. The summed E-state index contributed by atoms with van der Waals surface area (Å²) in [6, 6.07) is 0. The molecule has 2 N–H and O–H groups in total. The first kappa shape index (κ1) is 9.29. The molecule has 86 valence electrons. The van der Waals surface area contributed by atoms with Gasteiger partial charge >= 0.3 is 0 Å². The third-order valence-electron chi connectivity index (χ3n) is 2.88. The minimum atomic E-state index is 0.754. The predicted molar refractivity (Wildman–Crippen MR) is 69.0 cm³/mol. The van der Waals surface area contributed by atoms with Gasteiger partial charge in [-0.1, -0.05) is 0 Å². The van der Waals surface area contributed by atoms with Crippen molar-refractivity contribution in [1.82, 2.24) is 19.9 Å². The fourth-order valence-electron chi connectivity index (χ4n) is 2.16. The van der Waals surface area contributed by atoms with Gasteiger partial charge in [-0.25, -0.2) is 0 Å². The van der Waals surface area contributed by atoms with Crippen molar-refractivity contribution in [3.05, 3.63) is 37.2 Å². The van der Waals surface area contributed by atoms with E-state index < -0.39 is 0 Å². The van der Waals surface area contributed by atoms with Gasteiger partial charge in [-0.05, 0) is 0 Å². The second-order valence-corrected chi connectivity index (χ2v) is 3.88. The molecule has 3 aromatic rings. The van der Waals surface area contributed by atoms with E-state index in [-0.39, 0.29) is 0 Å². The van der Waals surface area contributed by atoms with Crippen LogP contribution in [0, 0.1) is 0 Å². The molecule has 0 unspecified atom stereocenters. The van der Waals surface area contributed by atoms with E-state index in [1.165, 1.54) is 0 Å². The zero-order chi connectivity index (χ0) is 11.9. The van der Waals surface area contributed by atoms with Crippen molar-refractivity contribution in [2.24, 2.45) is 0 Å². The van der Waals surface area contributed by atoms with E-state index in [0.29, 0.717) is 0 Å². The number of nitrogens with zero attached hydrogens (tertiary/aromatic N) is 4. The highest BCUT2D eigenvalue weighted by molar-refractivity contribution is 6.15. The number of aromatic nitrogens is 4. The Balaban J connectivity index is 2.30. The third-order valence-corrected chi connectivity index (χ3v) is 2.88. The summed E-state index contributed by atoms with van der Waals surface area (Å²) in [5, 5.41) is 6.37. The van der Waals surface area contributed by atoms with E-state index in [0.717, 1.165) is 33.4 Å². The molecular formula is C12H8N6. The van der Waals surface area contributed by atoms with Crippen molar-refractivity contribution in [3.63, 3.8) is 0 Å². The van der Waals surface area contributed by atoms with E-state index in [2.05, 4.69) is 30.6 Å². The van der Waals surface area contributed by atoms with Crippen LogP contribution in [-0.4, -0.2) is 19.9 Å². The lowest BCUT2D eigenvalue weighted by Crippen LogP contribution is -2.06. The molecule has 3 heterocycles. The Morgan fingerprint density at radius 3 is 1.39 bits per heavy atom. The molecule has 0 radical (unpaired) electrons.